The number of furan rings is 1. The first-order chi connectivity index (χ1) is 10.2. The number of aryl methyl sites for hydroxylation is 1. The second kappa shape index (κ2) is 7.64. The Kier molecular flexibility index (Phi) is 5.58. The Morgan fingerprint density at radius 3 is 2.52 bits per heavy atom. The van der Waals surface area contributed by atoms with Crippen molar-refractivity contribution in [1.82, 2.24) is 4.90 Å². The van der Waals surface area contributed by atoms with Gasteiger partial charge in [-0.25, -0.2) is 0 Å². The Morgan fingerprint density at radius 2 is 1.90 bits per heavy atom. The van der Waals surface area contributed by atoms with E-state index in [0.29, 0.717) is 19.7 Å². The minimum absolute atomic E-state index is 0.211. The predicted octanol–water partition coefficient (Wildman–Crippen LogP) is 3.15. The summed E-state index contributed by atoms with van der Waals surface area (Å²) in [5.74, 6) is 1.52. The molecule has 0 bridgehead atoms. The van der Waals surface area contributed by atoms with Crippen molar-refractivity contribution in [2.75, 3.05) is 13.2 Å². The number of rotatable bonds is 7. The number of esters is 1. The molecule has 1 heterocycles. The minimum atomic E-state index is -0.211. The molecule has 0 spiro atoms. The Hall–Kier alpha value is -2.07. The topological polar surface area (TPSA) is 42.7 Å². The number of hydrogen-bond donors (Lipinski definition) is 0. The first-order valence-electron chi connectivity index (χ1n) is 7.14. The van der Waals surface area contributed by atoms with Crippen molar-refractivity contribution in [2.24, 2.45) is 0 Å². The van der Waals surface area contributed by atoms with E-state index in [1.807, 2.05) is 61.2 Å². The molecule has 0 atom stereocenters. The maximum Gasteiger partial charge on any atom is 0.320 e. The maximum atomic E-state index is 11.7. The van der Waals surface area contributed by atoms with E-state index in [4.69, 9.17) is 9.15 Å². The SMILES string of the molecule is CCOC(=O)CN(Cc1ccccc1)Cc1ccc(C)o1. The van der Waals surface area contributed by atoms with Crippen molar-refractivity contribution in [3.8, 4) is 0 Å². The molecule has 0 saturated carbocycles. The van der Waals surface area contributed by atoms with Crippen LogP contribution in [0.4, 0.5) is 0 Å². The van der Waals surface area contributed by atoms with Crippen molar-refractivity contribution in [3.05, 3.63) is 59.5 Å². The average Bonchev–Trinajstić information content (AvgIpc) is 2.85. The Morgan fingerprint density at radius 1 is 1.14 bits per heavy atom. The molecule has 4 nitrogen and oxygen atoms in total. The zero-order valence-corrected chi connectivity index (χ0v) is 12.5. The molecule has 0 amide bonds. The van der Waals surface area contributed by atoms with Gasteiger partial charge in [-0.15, -0.1) is 0 Å². The lowest BCUT2D eigenvalue weighted by Gasteiger charge is -2.20. The number of carbonyl (C=O) groups excluding carboxylic acids is 1. The number of carbonyl (C=O) groups is 1. The molecule has 2 aromatic rings. The lowest BCUT2D eigenvalue weighted by molar-refractivity contribution is -0.144. The molecule has 0 fully saturated rings. The molecule has 0 N–H and O–H groups in total. The molecule has 2 rings (SSSR count). The molecular formula is C17H21NO3. The van der Waals surface area contributed by atoms with Crippen molar-refractivity contribution < 1.29 is 13.9 Å². The van der Waals surface area contributed by atoms with E-state index in [0.717, 1.165) is 17.1 Å². The van der Waals surface area contributed by atoms with Gasteiger partial charge in [0.2, 0.25) is 0 Å². The van der Waals surface area contributed by atoms with Crippen molar-refractivity contribution in [3.63, 3.8) is 0 Å². The van der Waals surface area contributed by atoms with Gasteiger partial charge in [0.25, 0.3) is 0 Å². The average molecular weight is 287 g/mol. The van der Waals surface area contributed by atoms with Crippen LogP contribution in [0, 0.1) is 6.92 Å². The fraction of sp³-hybridized carbons (Fsp3) is 0.353. The minimum Gasteiger partial charge on any atom is -0.465 e. The third kappa shape index (κ3) is 5.08. The normalized spacial score (nSPS) is 10.8. The van der Waals surface area contributed by atoms with E-state index in [1.54, 1.807) is 0 Å². The maximum absolute atomic E-state index is 11.7. The summed E-state index contributed by atoms with van der Waals surface area (Å²) in [4.78, 5) is 13.8. The van der Waals surface area contributed by atoms with Crippen molar-refractivity contribution >= 4 is 5.97 Å². The molecule has 1 aromatic heterocycles. The van der Waals surface area contributed by atoms with Crippen LogP contribution in [0.1, 0.15) is 24.0 Å². The highest BCUT2D eigenvalue weighted by Crippen LogP contribution is 2.12. The third-order valence-electron chi connectivity index (χ3n) is 3.08. The van der Waals surface area contributed by atoms with E-state index in [1.165, 1.54) is 0 Å². The predicted molar refractivity (Wildman–Crippen MR) is 80.6 cm³/mol. The summed E-state index contributed by atoms with van der Waals surface area (Å²) < 4.78 is 10.6. The first-order valence-corrected chi connectivity index (χ1v) is 7.14. The third-order valence-corrected chi connectivity index (χ3v) is 3.08. The molecule has 21 heavy (non-hydrogen) atoms. The molecule has 0 aliphatic carbocycles. The lowest BCUT2D eigenvalue weighted by Crippen LogP contribution is -2.30. The summed E-state index contributed by atoms with van der Waals surface area (Å²) >= 11 is 0. The van der Waals surface area contributed by atoms with Gasteiger partial charge in [-0.1, -0.05) is 30.3 Å². The quantitative estimate of drug-likeness (QED) is 0.734. The standard InChI is InChI=1S/C17H21NO3/c1-3-20-17(19)13-18(11-15-7-5-4-6-8-15)12-16-10-9-14(2)21-16/h4-10H,3,11-13H2,1-2H3. The Bertz CT molecular complexity index is 562. The smallest absolute Gasteiger partial charge is 0.320 e. The van der Waals surface area contributed by atoms with Gasteiger partial charge in [-0.3, -0.25) is 9.69 Å². The van der Waals surface area contributed by atoms with Crippen molar-refractivity contribution in [2.45, 2.75) is 26.9 Å². The summed E-state index contributed by atoms with van der Waals surface area (Å²) in [5, 5.41) is 0. The number of hydrogen-bond acceptors (Lipinski definition) is 4. The first kappa shape index (κ1) is 15.3. The fourth-order valence-electron chi connectivity index (χ4n) is 2.19. The number of nitrogens with zero attached hydrogens (tertiary/aromatic N) is 1. The van der Waals surface area contributed by atoms with Crippen LogP contribution < -0.4 is 0 Å². The second-order valence-electron chi connectivity index (χ2n) is 4.95. The summed E-state index contributed by atoms with van der Waals surface area (Å²) in [6.45, 7) is 5.65. The van der Waals surface area contributed by atoms with Crippen molar-refractivity contribution in [1.29, 1.82) is 0 Å². The van der Waals surface area contributed by atoms with Crippen LogP contribution in [0.5, 0.6) is 0 Å². The van der Waals surface area contributed by atoms with Crippen LogP contribution >= 0.6 is 0 Å². The molecule has 112 valence electrons. The van der Waals surface area contributed by atoms with Gasteiger partial charge in [0.1, 0.15) is 11.5 Å². The van der Waals surface area contributed by atoms with Gasteiger partial charge < -0.3 is 9.15 Å². The molecular weight excluding hydrogens is 266 g/mol. The number of benzene rings is 1. The Balaban J connectivity index is 2.04. The van der Waals surface area contributed by atoms with E-state index in [2.05, 4.69) is 0 Å². The molecule has 1 aromatic carbocycles. The lowest BCUT2D eigenvalue weighted by atomic mass is 10.2. The highest BCUT2D eigenvalue weighted by atomic mass is 16.5. The van der Waals surface area contributed by atoms with Gasteiger partial charge in [0.15, 0.2) is 0 Å². The highest BCUT2D eigenvalue weighted by molar-refractivity contribution is 5.71. The van der Waals surface area contributed by atoms with Gasteiger partial charge in [-0.2, -0.15) is 0 Å². The Labute approximate surface area is 125 Å². The van der Waals surface area contributed by atoms with Crippen LogP contribution in [0.2, 0.25) is 0 Å². The van der Waals surface area contributed by atoms with E-state index >= 15 is 0 Å². The molecule has 4 heteroatoms. The van der Waals surface area contributed by atoms with E-state index in [9.17, 15) is 4.79 Å². The van der Waals surface area contributed by atoms with Crippen LogP contribution in [0.3, 0.4) is 0 Å². The molecule has 0 radical (unpaired) electrons. The van der Waals surface area contributed by atoms with Gasteiger partial charge in [-0.05, 0) is 31.5 Å². The van der Waals surface area contributed by atoms with Gasteiger partial charge in [0.05, 0.1) is 19.7 Å². The second-order valence-corrected chi connectivity index (χ2v) is 4.95. The summed E-state index contributed by atoms with van der Waals surface area (Å²) in [5.41, 5.74) is 1.16. The van der Waals surface area contributed by atoms with Crippen LogP contribution in [0.25, 0.3) is 0 Å². The van der Waals surface area contributed by atoms with E-state index in [-0.39, 0.29) is 12.5 Å². The van der Waals surface area contributed by atoms with Crippen LogP contribution in [0.15, 0.2) is 46.9 Å². The molecule has 0 aliphatic heterocycles. The summed E-state index contributed by atoms with van der Waals surface area (Å²) in [7, 11) is 0. The largest absolute Gasteiger partial charge is 0.465 e. The van der Waals surface area contributed by atoms with Crippen LogP contribution in [-0.4, -0.2) is 24.0 Å². The zero-order valence-electron chi connectivity index (χ0n) is 12.5. The van der Waals surface area contributed by atoms with E-state index < -0.39 is 0 Å². The molecule has 0 aliphatic rings. The fourth-order valence-corrected chi connectivity index (χ4v) is 2.19. The summed E-state index contributed by atoms with van der Waals surface area (Å²) in [6, 6.07) is 13.9. The highest BCUT2D eigenvalue weighted by Gasteiger charge is 2.14. The van der Waals surface area contributed by atoms with Crippen LogP contribution in [-0.2, 0) is 22.6 Å². The number of ether oxygens (including phenoxy) is 1. The molecule has 0 unspecified atom stereocenters. The summed E-state index contributed by atoms with van der Waals surface area (Å²) in [6.07, 6.45) is 0. The zero-order chi connectivity index (χ0) is 15.1. The monoisotopic (exact) mass is 287 g/mol. The molecule has 0 saturated heterocycles. The van der Waals surface area contributed by atoms with Gasteiger partial charge >= 0.3 is 5.97 Å². The van der Waals surface area contributed by atoms with Gasteiger partial charge in [0, 0.05) is 6.54 Å².